The smallest absolute Gasteiger partial charge is 0.377 e. The van der Waals surface area contributed by atoms with Gasteiger partial charge in [-0.15, -0.1) is 0 Å². The van der Waals surface area contributed by atoms with Gasteiger partial charge < -0.3 is 31.3 Å². The number of hydrogen-bond acceptors (Lipinski definition) is 8. The zero-order valence-corrected chi connectivity index (χ0v) is 22.7. The van der Waals surface area contributed by atoms with E-state index >= 15 is 0 Å². The van der Waals surface area contributed by atoms with Crippen molar-refractivity contribution in [1.29, 1.82) is 0 Å². The van der Waals surface area contributed by atoms with E-state index in [0.717, 1.165) is 36.6 Å². The lowest BCUT2D eigenvalue weighted by Crippen LogP contribution is -2.46. The van der Waals surface area contributed by atoms with Gasteiger partial charge in [-0.05, 0) is 64.5 Å². The van der Waals surface area contributed by atoms with Crippen LogP contribution in [0.1, 0.15) is 52.9 Å². The van der Waals surface area contributed by atoms with Crippen LogP contribution in [0.2, 0.25) is 12.1 Å². The topological polar surface area (TPSA) is 67.9 Å². The SMILES string of the molecule is CCO[Si](CCC1CCC2OC2C1)(OCC)OCC.CO[Si](CCCS)(OC)OC. The molecule has 3 unspecified atom stereocenters. The molecule has 0 bridgehead atoms. The van der Waals surface area contributed by atoms with E-state index in [0.29, 0.717) is 32.0 Å². The van der Waals surface area contributed by atoms with Crippen LogP contribution in [0.3, 0.4) is 0 Å². The molecule has 0 aromatic carbocycles. The van der Waals surface area contributed by atoms with E-state index in [1.165, 1.54) is 19.3 Å². The summed E-state index contributed by atoms with van der Waals surface area (Å²) in [5.41, 5.74) is 0. The van der Waals surface area contributed by atoms with Gasteiger partial charge >= 0.3 is 17.6 Å². The third kappa shape index (κ3) is 9.55. The minimum atomic E-state index is -2.43. The van der Waals surface area contributed by atoms with Crippen molar-refractivity contribution in [3.63, 3.8) is 0 Å². The van der Waals surface area contributed by atoms with Crippen molar-refractivity contribution in [3.05, 3.63) is 0 Å². The fourth-order valence-corrected chi connectivity index (χ4v) is 8.92. The summed E-state index contributed by atoms with van der Waals surface area (Å²) in [7, 11) is 0.152. The molecule has 2 aliphatic rings. The van der Waals surface area contributed by atoms with E-state index in [-0.39, 0.29) is 0 Å². The normalized spacial score (nSPS) is 23.5. The van der Waals surface area contributed by atoms with Crippen LogP contribution in [0.4, 0.5) is 0 Å². The molecule has 1 heterocycles. The highest BCUT2D eigenvalue weighted by Gasteiger charge is 2.46. The number of thiol groups is 1. The van der Waals surface area contributed by atoms with Gasteiger partial charge in [0.2, 0.25) is 0 Å². The van der Waals surface area contributed by atoms with E-state index in [4.69, 9.17) is 31.3 Å². The maximum absolute atomic E-state index is 5.90. The fraction of sp³-hybridized carbons (Fsp3) is 1.00. The van der Waals surface area contributed by atoms with Crippen molar-refractivity contribution >= 4 is 30.2 Å². The van der Waals surface area contributed by atoms with Gasteiger partial charge in [0, 0.05) is 53.2 Å². The Labute approximate surface area is 191 Å². The van der Waals surface area contributed by atoms with E-state index < -0.39 is 17.6 Å². The van der Waals surface area contributed by atoms with Crippen molar-refractivity contribution in [2.24, 2.45) is 5.92 Å². The lowest BCUT2D eigenvalue weighted by molar-refractivity contribution is 0.0691. The predicted molar refractivity (Wildman–Crippen MR) is 126 cm³/mol. The first kappa shape index (κ1) is 28.5. The standard InChI is InChI=1S/C14H28O4Si.C6H16O3SSi/c1-4-15-19(16-5-2,17-6-3)10-9-12-7-8-13-14(11-12)18-13;1-7-11(8-2,9-3)6-4-5-10/h12-14H,4-11H2,1-3H3;10H,4-6H2,1-3H3. The molecule has 180 valence electrons. The minimum absolute atomic E-state index is 0.557. The maximum Gasteiger partial charge on any atom is 0.500 e. The quantitative estimate of drug-likeness (QED) is 0.212. The number of rotatable bonds is 15. The zero-order chi connectivity index (χ0) is 22.5. The minimum Gasteiger partial charge on any atom is -0.377 e. The van der Waals surface area contributed by atoms with Crippen LogP contribution in [-0.2, 0) is 31.3 Å². The van der Waals surface area contributed by atoms with E-state index in [1.54, 1.807) is 21.3 Å². The molecule has 0 amide bonds. The molecule has 7 nitrogen and oxygen atoms in total. The molecule has 1 aliphatic heterocycles. The summed E-state index contributed by atoms with van der Waals surface area (Å²) < 4.78 is 38.9. The maximum atomic E-state index is 5.90. The lowest BCUT2D eigenvalue weighted by atomic mass is 9.88. The van der Waals surface area contributed by atoms with Crippen LogP contribution in [0.5, 0.6) is 0 Å². The zero-order valence-electron chi connectivity index (χ0n) is 19.8. The van der Waals surface area contributed by atoms with Crippen molar-refractivity contribution in [3.8, 4) is 0 Å². The van der Waals surface area contributed by atoms with Gasteiger partial charge in [0.15, 0.2) is 0 Å². The molecule has 2 rings (SSSR count). The second kappa shape index (κ2) is 15.4. The fourth-order valence-electron chi connectivity index (χ4n) is 3.98. The lowest BCUT2D eigenvalue weighted by Gasteiger charge is -2.30. The third-order valence-corrected chi connectivity index (χ3v) is 11.9. The first-order valence-electron chi connectivity index (χ1n) is 11.3. The summed E-state index contributed by atoms with van der Waals surface area (Å²) in [6.45, 7) is 8.06. The molecule has 2 fully saturated rings. The van der Waals surface area contributed by atoms with Crippen molar-refractivity contribution < 1.29 is 31.3 Å². The highest BCUT2D eigenvalue weighted by atomic mass is 32.1. The first-order valence-corrected chi connectivity index (χ1v) is 15.8. The Kier molecular flexibility index (Phi) is 14.6. The number of fused-ring (bicyclic) bond motifs is 1. The monoisotopic (exact) mass is 484 g/mol. The van der Waals surface area contributed by atoms with Crippen molar-refractivity contribution in [1.82, 2.24) is 0 Å². The molecular weight excluding hydrogens is 440 g/mol. The largest absolute Gasteiger partial charge is 0.500 e. The second-order valence-corrected chi connectivity index (χ2v) is 13.8. The molecule has 3 atom stereocenters. The second-order valence-electron chi connectivity index (χ2n) is 7.54. The van der Waals surface area contributed by atoms with Gasteiger partial charge in [-0.2, -0.15) is 12.6 Å². The number of ether oxygens (including phenoxy) is 1. The van der Waals surface area contributed by atoms with Gasteiger partial charge in [0.1, 0.15) is 0 Å². The highest BCUT2D eigenvalue weighted by Crippen LogP contribution is 2.41. The summed E-state index contributed by atoms with van der Waals surface area (Å²) in [4.78, 5) is 0. The van der Waals surface area contributed by atoms with Gasteiger partial charge in [0.25, 0.3) is 0 Å². The third-order valence-electron chi connectivity index (χ3n) is 5.64. The molecule has 0 N–H and O–H groups in total. The summed E-state index contributed by atoms with van der Waals surface area (Å²) in [6, 6.07) is 1.78. The van der Waals surface area contributed by atoms with Gasteiger partial charge in [-0.1, -0.05) is 0 Å². The average Bonchev–Trinajstić information content (AvgIpc) is 3.54. The Morgan fingerprint density at radius 3 is 1.80 bits per heavy atom. The van der Waals surface area contributed by atoms with E-state index in [2.05, 4.69) is 12.6 Å². The molecule has 0 aromatic rings. The Hall–Kier alpha value is 0.504. The van der Waals surface area contributed by atoms with Crippen LogP contribution in [0.15, 0.2) is 0 Å². The number of epoxide rings is 1. The Morgan fingerprint density at radius 2 is 1.37 bits per heavy atom. The van der Waals surface area contributed by atoms with Crippen LogP contribution >= 0.6 is 12.6 Å². The molecule has 30 heavy (non-hydrogen) atoms. The molecule has 1 aliphatic carbocycles. The van der Waals surface area contributed by atoms with Crippen molar-refractivity contribution in [2.45, 2.75) is 77.2 Å². The predicted octanol–water partition coefficient (Wildman–Crippen LogP) is 4.18. The van der Waals surface area contributed by atoms with Crippen LogP contribution in [-0.4, -0.2) is 76.7 Å². The summed E-state index contributed by atoms with van der Waals surface area (Å²) in [6.07, 6.45) is 7.01. The molecule has 1 saturated carbocycles. The van der Waals surface area contributed by atoms with E-state index in [9.17, 15) is 0 Å². The van der Waals surface area contributed by atoms with Gasteiger partial charge in [-0.3, -0.25) is 0 Å². The Morgan fingerprint density at radius 1 is 0.800 bits per heavy atom. The Bertz CT molecular complexity index is 418. The highest BCUT2D eigenvalue weighted by molar-refractivity contribution is 7.80. The number of hydrogen-bond donors (Lipinski definition) is 1. The molecule has 0 spiro atoms. The van der Waals surface area contributed by atoms with Crippen LogP contribution in [0.25, 0.3) is 0 Å². The molecule has 10 heteroatoms. The van der Waals surface area contributed by atoms with Gasteiger partial charge in [-0.25, -0.2) is 0 Å². The Balaban J connectivity index is 0.000000352. The molecule has 1 saturated heterocycles. The van der Waals surface area contributed by atoms with Crippen molar-refractivity contribution in [2.75, 3.05) is 46.9 Å². The summed E-state index contributed by atoms with van der Waals surface area (Å²) in [5, 5.41) is 0. The van der Waals surface area contributed by atoms with Crippen LogP contribution < -0.4 is 0 Å². The average molecular weight is 485 g/mol. The van der Waals surface area contributed by atoms with Crippen LogP contribution in [0, 0.1) is 5.92 Å². The summed E-state index contributed by atoms with van der Waals surface area (Å²) in [5.74, 6) is 1.60. The first-order chi connectivity index (χ1) is 14.5. The van der Waals surface area contributed by atoms with E-state index in [1.807, 2.05) is 20.8 Å². The molecule has 0 aromatic heterocycles. The van der Waals surface area contributed by atoms with Gasteiger partial charge in [0.05, 0.1) is 12.2 Å². The summed E-state index contributed by atoms with van der Waals surface area (Å²) >= 11 is 4.10. The molecule has 0 radical (unpaired) electrons. The molecular formula is C20H44O7SSi2.